The molecule has 2 aliphatic heterocycles. The molecule has 0 spiro atoms. The Balaban J connectivity index is 1.54. The standard InChI is InChI=1S/C20H18FN3O4/c1-12-2-4-18(16(21)8-12)23-11-14(10-19(23)25)20(26)22-7-6-13-9-15(24(27)28)3-5-17(13)22/h2-5,8-9,14H,6-7,10-11H2,1H3. The molecule has 2 heterocycles. The Hall–Kier alpha value is -3.29. The maximum atomic E-state index is 14.3. The van der Waals surface area contributed by atoms with Gasteiger partial charge in [-0.3, -0.25) is 19.7 Å². The zero-order valence-electron chi connectivity index (χ0n) is 15.2. The Morgan fingerprint density at radius 1 is 1.21 bits per heavy atom. The lowest BCUT2D eigenvalue weighted by Crippen LogP contribution is -2.36. The number of aryl methyl sites for hydroxylation is 1. The number of nitro groups is 1. The van der Waals surface area contributed by atoms with Crippen molar-refractivity contribution in [2.45, 2.75) is 19.8 Å². The van der Waals surface area contributed by atoms with Gasteiger partial charge in [-0.05, 0) is 42.7 Å². The maximum Gasteiger partial charge on any atom is 0.269 e. The maximum absolute atomic E-state index is 14.3. The predicted molar refractivity (Wildman–Crippen MR) is 101 cm³/mol. The van der Waals surface area contributed by atoms with Gasteiger partial charge in [0, 0.05) is 37.3 Å². The molecule has 0 aromatic heterocycles. The van der Waals surface area contributed by atoms with Crippen LogP contribution in [0.5, 0.6) is 0 Å². The summed E-state index contributed by atoms with van der Waals surface area (Å²) < 4.78 is 14.3. The van der Waals surface area contributed by atoms with E-state index < -0.39 is 16.7 Å². The third-order valence-corrected chi connectivity index (χ3v) is 5.30. The van der Waals surface area contributed by atoms with Gasteiger partial charge in [0.15, 0.2) is 0 Å². The normalized spacial score (nSPS) is 18.5. The number of rotatable bonds is 3. The first-order valence-electron chi connectivity index (χ1n) is 9.00. The lowest BCUT2D eigenvalue weighted by Gasteiger charge is -2.22. The number of nitrogens with zero attached hydrogens (tertiary/aromatic N) is 3. The third-order valence-electron chi connectivity index (χ3n) is 5.30. The van der Waals surface area contributed by atoms with Crippen molar-refractivity contribution >= 4 is 28.9 Å². The monoisotopic (exact) mass is 383 g/mol. The van der Waals surface area contributed by atoms with Gasteiger partial charge in [-0.15, -0.1) is 0 Å². The number of hydrogen-bond donors (Lipinski definition) is 0. The highest BCUT2D eigenvalue weighted by Crippen LogP contribution is 2.35. The molecule has 0 radical (unpaired) electrons. The molecule has 1 unspecified atom stereocenters. The summed E-state index contributed by atoms with van der Waals surface area (Å²) in [5.74, 6) is -1.56. The molecule has 144 valence electrons. The van der Waals surface area contributed by atoms with Gasteiger partial charge in [-0.1, -0.05) is 6.07 Å². The minimum absolute atomic E-state index is 0.00915. The zero-order valence-corrected chi connectivity index (χ0v) is 15.2. The van der Waals surface area contributed by atoms with E-state index in [-0.39, 0.29) is 36.2 Å². The van der Waals surface area contributed by atoms with Crippen LogP contribution in [-0.4, -0.2) is 29.8 Å². The molecular weight excluding hydrogens is 365 g/mol. The first-order chi connectivity index (χ1) is 13.3. The van der Waals surface area contributed by atoms with Crippen LogP contribution in [-0.2, 0) is 16.0 Å². The summed E-state index contributed by atoms with van der Waals surface area (Å²) in [4.78, 5) is 38.8. The molecule has 1 fully saturated rings. The molecule has 2 aliphatic rings. The van der Waals surface area contributed by atoms with Crippen molar-refractivity contribution in [3.05, 3.63) is 63.5 Å². The average molecular weight is 383 g/mol. The number of amides is 2. The molecular formula is C20H18FN3O4. The van der Waals surface area contributed by atoms with Crippen molar-refractivity contribution in [2.75, 3.05) is 22.9 Å². The Labute approximate surface area is 160 Å². The molecule has 0 N–H and O–H groups in total. The largest absolute Gasteiger partial charge is 0.311 e. The minimum atomic E-state index is -0.575. The van der Waals surface area contributed by atoms with Gasteiger partial charge < -0.3 is 9.80 Å². The minimum Gasteiger partial charge on any atom is -0.311 e. The van der Waals surface area contributed by atoms with Gasteiger partial charge in [0.05, 0.1) is 16.5 Å². The number of benzene rings is 2. The number of nitro benzene ring substituents is 1. The summed E-state index contributed by atoms with van der Waals surface area (Å²) in [6, 6.07) is 9.08. The fourth-order valence-corrected chi connectivity index (χ4v) is 3.89. The number of non-ortho nitro benzene ring substituents is 1. The molecule has 2 aromatic carbocycles. The Morgan fingerprint density at radius 3 is 2.68 bits per heavy atom. The average Bonchev–Trinajstić information content (AvgIpc) is 3.24. The highest BCUT2D eigenvalue weighted by atomic mass is 19.1. The number of carbonyl (C=O) groups is 2. The smallest absolute Gasteiger partial charge is 0.269 e. The van der Waals surface area contributed by atoms with Crippen LogP contribution in [0.25, 0.3) is 0 Å². The van der Waals surface area contributed by atoms with Crippen LogP contribution in [0.2, 0.25) is 0 Å². The number of carbonyl (C=O) groups excluding carboxylic acids is 2. The second-order valence-electron chi connectivity index (χ2n) is 7.17. The van der Waals surface area contributed by atoms with E-state index in [1.54, 1.807) is 30.0 Å². The Kier molecular flexibility index (Phi) is 4.33. The molecule has 2 amide bonds. The van der Waals surface area contributed by atoms with Crippen molar-refractivity contribution in [3.8, 4) is 0 Å². The molecule has 2 aromatic rings. The lowest BCUT2D eigenvalue weighted by molar-refractivity contribution is -0.384. The van der Waals surface area contributed by atoms with E-state index in [0.29, 0.717) is 18.7 Å². The quantitative estimate of drug-likeness (QED) is 0.603. The van der Waals surface area contributed by atoms with Crippen LogP contribution >= 0.6 is 0 Å². The number of anilines is 2. The second kappa shape index (κ2) is 6.70. The summed E-state index contributed by atoms with van der Waals surface area (Å²) >= 11 is 0. The van der Waals surface area contributed by atoms with E-state index in [9.17, 15) is 24.1 Å². The molecule has 1 atom stereocenters. The van der Waals surface area contributed by atoms with Crippen molar-refractivity contribution in [1.29, 1.82) is 0 Å². The summed E-state index contributed by atoms with van der Waals surface area (Å²) in [5, 5.41) is 10.9. The van der Waals surface area contributed by atoms with E-state index in [1.807, 2.05) is 0 Å². The SMILES string of the molecule is Cc1ccc(N2CC(C(=O)N3CCc4cc([N+](=O)[O-])ccc43)CC2=O)c(F)c1. The third kappa shape index (κ3) is 3.00. The van der Waals surface area contributed by atoms with Crippen LogP contribution in [0.15, 0.2) is 36.4 Å². The molecule has 4 rings (SSSR count). The van der Waals surface area contributed by atoms with Gasteiger partial charge >= 0.3 is 0 Å². The first kappa shape index (κ1) is 18.1. The summed E-state index contributed by atoms with van der Waals surface area (Å²) in [6.45, 7) is 2.30. The van der Waals surface area contributed by atoms with Crippen molar-refractivity contribution in [2.24, 2.45) is 5.92 Å². The van der Waals surface area contributed by atoms with Crippen molar-refractivity contribution in [1.82, 2.24) is 0 Å². The predicted octanol–water partition coefficient (Wildman–Crippen LogP) is 2.98. The fourth-order valence-electron chi connectivity index (χ4n) is 3.89. The topological polar surface area (TPSA) is 83.8 Å². The van der Waals surface area contributed by atoms with Crippen molar-refractivity contribution in [3.63, 3.8) is 0 Å². The Morgan fingerprint density at radius 2 is 1.96 bits per heavy atom. The Bertz CT molecular complexity index is 1010. The van der Waals surface area contributed by atoms with Gasteiger partial charge in [-0.25, -0.2) is 4.39 Å². The van der Waals surface area contributed by atoms with E-state index in [4.69, 9.17) is 0 Å². The molecule has 0 bridgehead atoms. The zero-order chi connectivity index (χ0) is 20.0. The lowest BCUT2D eigenvalue weighted by atomic mass is 10.1. The van der Waals surface area contributed by atoms with E-state index in [2.05, 4.69) is 0 Å². The van der Waals surface area contributed by atoms with Gasteiger partial charge in [0.2, 0.25) is 11.8 Å². The summed E-state index contributed by atoms with van der Waals surface area (Å²) in [7, 11) is 0. The van der Waals surface area contributed by atoms with Gasteiger partial charge in [0.25, 0.3) is 5.69 Å². The van der Waals surface area contributed by atoms with E-state index >= 15 is 0 Å². The fraction of sp³-hybridized carbons (Fsp3) is 0.300. The molecule has 7 nitrogen and oxygen atoms in total. The molecule has 28 heavy (non-hydrogen) atoms. The van der Waals surface area contributed by atoms with Crippen LogP contribution in [0, 0.1) is 28.8 Å². The highest BCUT2D eigenvalue weighted by molar-refractivity contribution is 6.05. The molecule has 0 aliphatic carbocycles. The summed E-state index contributed by atoms with van der Waals surface area (Å²) in [5.41, 5.74) is 2.31. The second-order valence-corrected chi connectivity index (χ2v) is 7.17. The van der Waals surface area contributed by atoms with Crippen LogP contribution in [0.4, 0.5) is 21.5 Å². The van der Waals surface area contributed by atoms with E-state index in [0.717, 1.165) is 11.1 Å². The number of fused-ring (bicyclic) bond motifs is 1. The highest BCUT2D eigenvalue weighted by Gasteiger charge is 2.40. The van der Waals surface area contributed by atoms with Crippen LogP contribution < -0.4 is 9.80 Å². The molecule has 8 heteroatoms. The van der Waals surface area contributed by atoms with Crippen molar-refractivity contribution < 1.29 is 18.9 Å². The molecule has 0 saturated carbocycles. The number of hydrogen-bond acceptors (Lipinski definition) is 4. The number of halogens is 1. The van der Waals surface area contributed by atoms with E-state index in [1.165, 1.54) is 23.1 Å². The van der Waals surface area contributed by atoms with Crippen LogP contribution in [0.3, 0.4) is 0 Å². The van der Waals surface area contributed by atoms with Crippen LogP contribution in [0.1, 0.15) is 17.5 Å². The summed E-state index contributed by atoms with van der Waals surface area (Å²) in [6.07, 6.45) is 0.546. The molecule has 1 saturated heterocycles. The van der Waals surface area contributed by atoms with Gasteiger partial charge in [-0.2, -0.15) is 0 Å². The first-order valence-corrected chi connectivity index (χ1v) is 9.00. The van der Waals surface area contributed by atoms with Gasteiger partial charge in [0.1, 0.15) is 5.82 Å².